The van der Waals surface area contributed by atoms with E-state index in [1.54, 1.807) is 0 Å². The summed E-state index contributed by atoms with van der Waals surface area (Å²) in [6.07, 6.45) is 2.08. The number of aliphatic hydroxyl groups excluding tert-OH is 1. The Morgan fingerprint density at radius 3 is 2.62 bits per heavy atom. The van der Waals surface area contributed by atoms with Gasteiger partial charge in [-0.25, -0.2) is 4.98 Å². The Labute approximate surface area is 124 Å². The average molecular weight is 280 g/mol. The molecule has 0 aliphatic carbocycles. The van der Waals surface area contributed by atoms with Crippen molar-refractivity contribution in [1.29, 1.82) is 0 Å². The number of hydrogen-bond acceptors (Lipinski definition) is 2. The fraction of sp³-hybridized carbons (Fsp3) is 0.278. The van der Waals surface area contributed by atoms with Crippen molar-refractivity contribution in [2.24, 2.45) is 0 Å². The van der Waals surface area contributed by atoms with Crippen molar-refractivity contribution < 1.29 is 5.11 Å². The van der Waals surface area contributed by atoms with Gasteiger partial charge in [-0.1, -0.05) is 25.1 Å². The summed E-state index contributed by atoms with van der Waals surface area (Å²) in [7, 11) is 0. The fourth-order valence-electron chi connectivity index (χ4n) is 2.66. The van der Waals surface area contributed by atoms with Crippen molar-refractivity contribution >= 4 is 11.0 Å². The third-order valence-electron chi connectivity index (χ3n) is 4.10. The van der Waals surface area contributed by atoms with Gasteiger partial charge in [0.2, 0.25) is 0 Å². The molecule has 3 aromatic rings. The molecule has 0 fully saturated rings. The molecule has 0 unspecified atom stereocenters. The van der Waals surface area contributed by atoms with Crippen LogP contribution in [0.4, 0.5) is 0 Å². The molecule has 3 heteroatoms. The first kappa shape index (κ1) is 13.8. The van der Waals surface area contributed by atoms with E-state index >= 15 is 0 Å². The summed E-state index contributed by atoms with van der Waals surface area (Å²) in [6, 6.07) is 12.2. The first-order chi connectivity index (χ1) is 10.1. The molecule has 1 atom stereocenters. The zero-order valence-electron chi connectivity index (χ0n) is 12.7. The van der Waals surface area contributed by atoms with Crippen molar-refractivity contribution in [3.8, 4) is 5.69 Å². The third-order valence-corrected chi connectivity index (χ3v) is 4.10. The molecule has 1 heterocycles. The number of aryl methyl sites for hydroxylation is 2. The van der Waals surface area contributed by atoms with E-state index in [1.165, 1.54) is 11.1 Å². The third kappa shape index (κ3) is 2.34. The fourth-order valence-corrected chi connectivity index (χ4v) is 2.66. The van der Waals surface area contributed by atoms with Gasteiger partial charge in [0, 0.05) is 5.56 Å². The quantitative estimate of drug-likeness (QED) is 0.785. The van der Waals surface area contributed by atoms with Crippen LogP contribution in [0.1, 0.15) is 36.1 Å². The number of fused-ring (bicyclic) bond motifs is 1. The van der Waals surface area contributed by atoms with E-state index in [0.717, 1.165) is 22.3 Å². The molecule has 0 amide bonds. The molecule has 1 N–H and O–H groups in total. The largest absolute Gasteiger partial charge is 0.388 e. The molecule has 21 heavy (non-hydrogen) atoms. The van der Waals surface area contributed by atoms with E-state index in [2.05, 4.69) is 35.5 Å². The van der Waals surface area contributed by atoms with Gasteiger partial charge in [0.05, 0.1) is 22.8 Å². The van der Waals surface area contributed by atoms with Crippen LogP contribution in [-0.4, -0.2) is 14.7 Å². The molecule has 108 valence electrons. The van der Waals surface area contributed by atoms with E-state index in [-0.39, 0.29) is 0 Å². The molecule has 0 saturated heterocycles. The molecule has 2 aromatic carbocycles. The topological polar surface area (TPSA) is 38.0 Å². The molecule has 0 spiro atoms. The van der Waals surface area contributed by atoms with Gasteiger partial charge in [-0.15, -0.1) is 0 Å². The number of hydrogen-bond donors (Lipinski definition) is 1. The normalized spacial score (nSPS) is 12.8. The van der Waals surface area contributed by atoms with Crippen LogP contribution in [0.5, 0.6) is 0 Å². The Bertz CT molecular complexity index is 789. The highest BCUT2D eigenvalue weighted by Crippen LogP contribution is 2.27. The second-order valence-electron chi connectivity index (χ2n) is 5.52. The van der Waals surface area contributed by atoms with E-state index < -0.39 is 6.10 Å². The number of benzene rings is 2. The second-order valence-corrected chi connectivity index (χ2v) is 5.52. The summed E-state index contributed by atoms with van der Waals surface area (Å²) in [5.74, 6) is 0. The molecule has 3 rings (SSSR count). The monoisotopic (exact) mass is 280 g/mol. The molecule has 0 aliphatic rings. The minimum absolute atomic E-state index is 0.454. The van der Waals surface area contributed by atoms with Gasteiger partial charge >= 0.3 is 0 Å². The summed E-state index contributed by atoms with van der Waals surface area (Å²) in [5, 5.41) is 10.2. The zero-order chi connectivity index (χ0) is 15.0. The molecule has 0 bridgehead atoms. The SMILES string of the molecule is CC[C@H](O)c1ccccc1-n1cnc2cc(C)c(C)cc21. The summed E-state index contributed by atoms with van der Waals surface area (Å²) in [6.45, 7) is 6.20. The minimum Gasteiger partial charge on any atom is -0.388 e. The maximum atomic E-state index is 10.2. The van der Waals surface area contributed by atoms with Gasteiger partial charge in [-0.3, -0.25) is 4.57 Å². The lowest BCUT2D eigenvalue weighted by Gasteiger charge is -2.15. The number of aliphatic hydroxyl groups is 1. The number of rotatable bonds is 3. The van der Waals surface area contributed by atoms with Crippen LogP contribution in [0.3, 0.4) is 0 Å². The highest BCUT2D eigenvalue weighted by atomic mass is 16.3. The van der Waals surface area contributed by atoms with Crippen molar-refractivity contribution in [2.45, 2.75) is 33.3 Å². The van der Waals surface area contributed by atoms with Crippen LogP contribution in [0.15, 0.2) is 42.7 Å². The Hall–Kier alpha value is -2.13. The molecule has 1 aromatic heterocycles. The Morgan fingerprint density at radius 2 is 1.86 bits per heavy atom. The molecular weight excluding hydrogens is 260 g/mol. The lowest BCUT2D eigenvalue weighted by Crippen LogP contribution is -2.03. The van der Waals surface area contributed by atoms with Crippen LogP contribution in [0, 0.1) is 13.8 Å². The average Bonchev–Trinajstić information content (AvgIpc) is 2.89. The maximum Gasteiger partial charge on any atom is 0.100 e. The van der Waals surface area contributed by atoms with E-state index in [1.807, 2.05) is 37.5 Å². The maximum absolute atomic E-state index is 10.2. The van der Waals surface area contributed by atoms with Crippen LogP contribution >= 0.6 is 0 Å². The minimum atomic E-state index is -0.454. The molecule has 0 aliphatic heterocycles. The Balaban J connectivity index is 2.24. The van der Waals surface area contributed by atoms with Gasteiger partial charge < -0.3 is 5.11 Å². The van der Waals surface area contributed by atoms with Crippen LogP contribution in [0.2, 0.25) is 0 Å². The van der Waals surface area contributed by atoms with Crippen molar-refractivity contribution in [1.82, 2.24) is 9.55 Å². The second kappa shape index (κ2) is 5.34. The first-order valence-corrected chi connectivity index (χ1v) is 7.33. The standard InChI is InChI=1S/C18H20N2O/c1-4-18(21)14-7-5-6-8-16(14)20-11-19-15-9-12(2)13(3)10-17(15)20/h5-11,18,21H,4H2,1-3H3/t18-/m0/s1. The molecule has 0 saturated carbocycles. The summed E-state index contributed by atoms with van der Waals surface area (Å²) < 4.78 is 2.07. The van der Waals surface area contributed by atoms with Crippen LogP contribution < -0.4 is 0 Å². The van der Waals surface area contributed by atoms with Gasteiger partial charge in [-0.2, -0.15) is 0 Å². The van der Waals surface area contributed by atoms with Crippen molar-refractivity contribution in [2.75, 3.05) is 0 Å². The highest BCUT2D eigenvalue weighted by Gasteiger charge is 2.14. The van der Waals surface area contributed by atoms with E-state index in [0.29, 0.717) is 6.42 Å². The number of aromatic nitrogens is 2. The van der Waals surface area contributed by atoms with Crippen LogP contribution in [-0.2, 0) is 0 Å². The van der Waals surface area contributed by atoms with Crippen LogP contribution in [0.25, 0.3) is 16.7 Å². The summed E-state index contributed by atoms with van der Waals surface area (Å²) in [5.41, 5.74) is 6.50. The zero-order valence-corrected chi connectivity index (χ0v) is 12.7. The first-order valence-electron chi connectivity index (χ1n) is 7.33. The van der Waals surface area contributed by atoms with Gasteiger partial charge in [0.25, 0.3) is 0 Å². The van der Waals surface area contributed by atoms with E-state index in [9.17, 15) is 5.11 Å². The highest BCUT2D eigenvalue weighted by molar-refractivity contribution is 5.79. The Morgan fingerprint density at radius 1 is 1.14 bits per heavy atom. The number of para-hydroxylation sites is 1. The van der Waals surface area contributed by atoms with Gasteiger partial charge in [-0.05, 0) is 49.6 Å². The predicted octanol–water partition coefficient (Wildman–Crippen LogP) is 4.09. The number of nitrogens with zero attached hydrogens (tertiary/aromatic N) is 2. The van der Waals surface area contributed by atoms with Crippen molar-refractivity contribution in [3.63, 3.8) is 0 Å². The van der Waals surface area contributed by atoms with Gasteiger partial charge in [0.15, 0.2) is 0 Å². The lowest BCUT2D eigenvalue weighted by molar-refractivity contribution is 0.173. The van der Waals surface area contributed by atoms with E-state index in [4.69, 9.17) is 0 Å². The Kier molecular flexibility index (Phi) is 3.52. The lowest BCUT2D eigenvalue weighted by atomic mass is 10.0. The summed E-state index contributed by atoms with van der Waals surface area (Å²) in [4.78, 5) is 4.50. The number of imidazole rings is 1. The smallest absolute Gasteiger partial charge is 0.100 e. The molecule has 3 nitrogen and oxygen atoms in total. The molecule has 0 radical (unpaired) electrons. The van der Waals surface area contributed by atoms with Crippen molar-refractivity contribution in [3.05, 3.63) is 59.4 Å². The summed E-state index contributed by atoms with van der Waals surface area (Å²) >= 11 is 0. The van der Waals surface area contributed by atoms with Gasteiger partial charge in [0.1, 0.15) is 6.33 Å². The molecular formula is C18H20N2O. The predicted molar refractivity (Wildman–Crippen MR) is 85.8 cm³/mol.